The molecule has 1 aromatic heterocycles. The van der Waals surface area contributed by atoms with Crippen molar-refractivity contribution in [2.75, 3.05) is 17.2 Å². The van der Waals surface area contributed by atoms with Gasteiger partial charge in [0.05, 0.1) is 18.4 Å². The zero-order valence-corrected chi connectivity index (χ0v) is 15.3. The molecule has 0 spiro atoms. The minimum absolute atomic E-state index is 0.00839. The number of hydrogen-bond donors (Lipinski definition) is 3. The summed E-state index contributed by atoms with van der Waals surface area (Å²) in [5.41, 5.74) is 4.36. The molecule has 3 rings (SSSR count). The number of nitrogens with zero attached hydrogens (tertiary/aromatic N) is 2. The Bertz CT molecular complexity index is 1010. The second kappa shape index (κ2) is 9.75. The summed E-state index contributed by atoms with van der Waals surface area (Å²) in [6.45, 7) is 0.00839. The number of pyridine rings is 1. The Morgan fingerprint density at radius 3 is 2.45 bits per heavy atom. The van der Waals surface area contributed by atoms with Crippen LogP contribution in [0.4, 0.5) is 15.8 Å². The Hall–Kier alpha value is -4.07. The van der Waals surface area contributed by atoms with Gasteiger partial charge in [-0.1, -0.05) is 12.1 Å². The van der Waals surface area contributed by atoms with Gasteiger partial charge in [0.2, 0.25) is 0 Å². The van der Waals surface area contributed by atoms with Gasteiger partial charge in [-0.2, -0.15) is 5.10 Å². The number of nitrogens with one attached hydrogen (secondary N) is 3. The van der Waals surface area contributed by atoms with Crippen molar-refractivity contribution < 1.29 is 14.0 Å². The van der Waals surface area contributed by atoms with E-state index in [9.17, 15) is 14.0 Å². The minimum Gasteiger partial charge on any atom is -0.376 e. The first-order valence-corrected chi connectivity index (χ1v) is 8.73. The second-order valence-electron chi connectivity index (χ2n) is 5.94. The van der Waals surface area contributed by atoms with Crippen LogP contribution in [0.5, 0.6) is 0 Å². The number of hydrogen-bond acceptors (Lipinski definition) is 5. The van der Waals surface area contributed by atoms with E-state index >= 15 is 0 Å². The average molecular weight is 391 g/mol. The van der Waals surface area contributed by atoms with Crippen molar-refractivity contribution in [1.82, 2.24) is 10.4 Å². The van der Waals surface area contributed by atoms with Crippen LogP contribution in [0, 0.1) is 5.82 Å². The van der Waals surface area contributed by atoms with Crippen molar-refractivity contribution in [2.45, 2.75) is 0 Å². The van der Waals surface area contributed by atoms with E-state index in [4.69, 9.17) is 0 Å². The maximum atomic E-state index is 13.6. The molecule has 0 saturated carbocycles. The van der Waals surface area contributed by atoms with Crippen molar-refractivity contribution in [3.63, 3.8) is 0 Å². The predicted molar refractivity (Wildman–Crippen MR) is 109 cm³/mol. The highest BCUT2D eigenvalue weighted by molar-refractivity contribution is 6.04. The molecule has 146 valence electrons. The van der Waals surface area contributed by atoms with Gasteiger partial charge in [0.25, 0.3) is 11.8 Å². The summed E-state index contributed by atoms with van der Waals surface area (Å²) in [5.74, 6) is -1.25. The zero-order chi connectivity index (χ0) is 20.5. The molecule has 0 atom stereocenters. The number of benzene rings is 2. The van der Waals surface area contributed by atoms with Crippen LogP contribution in [0.15, 0.2) is 78.2 Å². The van der Waals surface area contributed by atoms with E-state index in [2.05, 4.69) is 26.1 Å². The molecule has 1 heterocycles. The van der Waals surface area contributed by atoms with Crippen LogP contribution in [-0.2, 0) is 4.79 Å². The van der Waals surface area contributed by atoms with E-state index in [1.165, 1.54) is 18.3 Å². The van der Waals surface area contributed by atoms with E-state index in [1.54, 1.807) is 60.9 Å². The Balaban J connectivity index is 1.47. The van der Waals surface area contributed by atoms with E-state index in [1.807, 2.05) is 0 Å². The standard InChI is InChI=1S/C21H18FN5O2/c22-18-3-1-2-4-19(18)26-21(29)16-5-7-17(8-6-16)24-14-20(28)27-25-13-15-9-11-23-12-10-15/h1-13,24H,14H2,(H,26,29)(H,27,28)/b25-13+. The van der Waals surface area contributed by atoms with Gasteiger partial charge in [0.1, 0.15) is 5.82 Å². The summed E-state index contributed by atoms with van der Waals surface area (Å²) in [5, 5.41) is 9.31. The van der Waals surface area contributed by atoms with Gasteiger partial charge < -0.3 is 10.6 Å². The number of anilines is 2. The Morgan fingerprint density at radius 1 is 1.00 bits per heavy atom. The van der Waals surface area contributed by atoms with E-state index in [-0.39, 0.29) is 18.1 Å². The van der Waals surface area contributed by atoms with Crippen molar-refractivity contribution >= 4 is 29.4 Å². The van der Waals surface area contributed by atoms with Crippen LogP contribution in [0.2, 0.25) is 0 Å². The fourth-order valence-corrected chi connectivity index (χ4v) is 2.35. The fourth-order valence-electron chi connectivity index (χ4n) is 2.35. The molecule has 0 radical (unpaired) electrons. The van der Waals surface area contributed by atoms with E-state index < -0.39 is 11.7 Å². The molecular weight excluding hydrogens is 373 g/mol. The first-order valence-electron chi connectivity index (χ1n) is 8.73. The maximum Gasteiger partial charge on any atom is 0.259 e. The first kappa shape index (κ1) is 19.7. The molecule has 0 aliphatic carbocycles. The Kier molecular flexibility index (Phi) is 6.62. The number of carbonyl (C=O) groups is 2. The number of halogens is 1. The summed E-state index contributed by atoms with van der Waals surface area (Å²) in [6.07, 6.45) is 4.78. The highest BCUT2D eigenvalue weighted by Gasteiger charge is 2.09. The van der Waals surface area contributed by atoms with Crippen LogP contribution in [-0.4, -0.2) is 29.6 Å². The lowest BCUT2D eigenvalue weighted by Gasteiger charge is -2.08. The largest absolute Gasteiger partial charge is 0.376 e. The van der Waals surface area contributed by atoms with Gasteiger partial charge in [-0.05, 0) is 54.1 Å². The predicted octanol–water partition coefficient (Wildman–Crippen LogP) is 3.04. The zero-order valence-electron chi connectivity index (χ0n) is 15.3. The highest BCUT2D eigenvalue weighted by atomic mass is 19.1. The van der Waals surface area contributed by atoms with Crippen molar-refractivity contribution in [3.05, 3.63) is 90.0 Å². The minimum atomic E-state index is -0.503. The van der Waals surface area contributed by atoms with Gasteiger partial charge in [-0.3, -0.25) is 14.6 Å². The number of rotatable bonds is 7. The Labute approximate surface area is 166 Å². The summed E-state index contributed by atoms with van der Waals surface area (Å²) in [7, 11) is 0. The fraction of sp³-hybridized carbons (Fsp3) is 0.0476. The molecule has 7 nitrogen and oxygen atoms in total. The number of hydrazone groups is 1. The van der Waals surface area contributed by atoms with Crippen molar-refractivity contribution in [1.29, 1.82) is 0 Å². The van der Waals surface area contributed by atoms with Crippen LogP contribution >= 0.6 is 0 Å². The molecule has 3 N–H and O–H groups in total. The third-order valence-electron chi connectivity index (χ3n) is 3.83. The van der Waals surface area contributed by atoms with E-state index in [0.29, 0.717) is 11.3 Å². The second-order valence-corrected chi connectivity index (χ2v) is 5.94. The van der Waals surface area contributed by atoms with Gasteiger partial charge in [-0.15, -0.1) is 0 Å². The third kappa shape index (κ3) is 5.96. The summed E-state index contributed by atoms with van der Waals surface area (Å²) in [4.78, 5) is 27.9. The van der Waals surface area contributed by atoms with Crippen LogP contribution in [0.25, 0.3) is 0 Å². The molecule has 0 bridgehead atoms. The number of carbonyl (C=O) groups excluding carboxylic acids is 2. The molecule has 0 saturated heterocycles. The summed E-state index contributed by atoms with van der Waals surface area (Å²) >= 11 is 0. The molecule has 0 fully saturated rings. The molecule has 8 heteroatoms. The maximum absolute atomic E-state index is 13.6. The molecule has 29 heavy (non-hydrogen) atoms. The molecule has 2 aromatic carbocycles. The third-order valence-corrected chi connectivity index (χ3v) is 3.83. The molecular formula is C21H18FN5O2. The number of amides is 2. The molecule has 3 aromatic rings. The summed E-state index contributed by atoms with van der Waals surface area (Å²) < 4.78 is 13.6. The van der Waals surface area contributed by atoms with E-state index in [0.717, 1.165) is 5.56 Å². The molecule has 0 unspecified atom stereocenters. The van der Waals surface area contributed by atoms with Crippen LogP contribution in [0.3, 0.4) is 0 Å². The lowest BCUT2D eigenvalue weighted by Crippen LogP contribution is -2.25. The van der Waals surface area contributed by atoms with Crippen LogP contribution < -0.4 is 16.1 Å². The smallest absolute Gasteiger partial charge is 0.259 e. The van der Waals surface area contributed by atoms with Gasteiger partial charge >= 0.3 is 0 Å². The Morgan fingerprint density at radius 2 is 1.72 bits per heavy atom. The number of para-hydroxylation sites is 1. The molecule has 2 amide bonds. The normalized spacial score (nSPS) is 10.5. The molecule has 0 aliphatic rings. The first-order chi connectivity index (χ1) is 14.1. The molecule has 0 aliphatic heterocycles. The average Bonchev–Trinajstić information content (AvgIpc) is 2.75. The lowest BCUT2D eigenvalue weighted by molar-refractivity contribution is -0.119. The summed E-state index contributed by atoms with van der Waals surface area (Å²) in [6, 6.07) is 15.9. The van der Waals surface area contributed by atoms with Gasteiger partial charge in [-0.25, -0.2) is 9.82 Å². The lowest BCUT2D eigenvalue weighted by atomic mass is 10.2. The van der Waals surface area contributed by atoms with Crippen molar-refractivity contribution in [3.8, 4) is 0 Å². The SMILES string of the molecule is O=C(CNc1ccc(C(=O)Nc2ccccc2F)cc1)N/N=C/c1ccncc1. The van der Waals surface area contributed by atoms with Gasteiger partial charge in [0.15, 0.2) is 0 Å². The van der Waals surface area contributed by atoms with Gasteiger partial charge in [0, 0.05) is 23.6 Å². The topological polar surface area (TPSA) is 95.5 Å². The van der Waals surface area contributed by atoms with Crippen LogP contribution in [0.1, 0.15) is 15.9 Å². The quantitative estimate of drug-likeness (QED) is 0.426. The number of aromatic nitrogens is 1. The monoisotopic (exact) mass is 391 g/mol. The van der Waals surface area contributed by atoms with Crippen molar-refractivity contribution in [2.24, 2.45) is 5.10 Å². The highest BCUT2D eigenvalue weighted by Crippen LogP contribution is 2.15.